The molecule has 0 bridgehead atoms. The average molecular weight is 301 g/mol. The van der Waals surface area contributed by atoms with E-state index in [-0.39, 0.29) is 17.9 Å². The van der Waals surface area contributed by atoms with Gasteiger partial charge in [-0.25, -0.2) is 4.68 Å². The minimum absolute atomic E-state index is 0.0804. The molecule has 1 fully saturated rings. The highest BCUT2D eigenvalue weighted by Gasteiger charge is 2.17. The molecule has 22 heavy (non-hydrogen) atoms. The van der Waals surface area contributed by atoms with E-state index in [2.05, 4.69) is 10.4 Å². The fourth-order valence-electron chi connectivity index (χ4n) is 2.72. The highest BCUT2D eigenvalue weighted by molar-refractivity contribution is 5.88. The lowest BCUT2D eigenvalue weighted by Crippen LogP contribution is -2.32. The molecule has 6 heteroatoms. The number of aryl methyl sites for hydroxylation is 1. The first-order chi connectivity index (χ1) is 10.6. The number of carbonyl (C=O) groups is 1. The fourth-order valence-corrected chi connectivity index (χ4v) is 2.72. The summed E-state index contributed by atoms with van der Waals surface area (Å²) in [5.74, 6) is 0.317. The third-order valence-electron chi connectivity index (χ3n) is 3.97. The van der Waals surface area contributed by atoms with Crippen LogP contribution in [0.1, 0.15) is 12.1 Å². The Balaban J connectivity index is 1.77. The van der Waals surface area contributed by atoms with Crippen molar-refractivity contribution < 1.29 is 9.53 Å². The molecule has 1 amide bonds. The fraction of sp³-hybridized carbons (Fsp3) is 0.438. The molecular formula is C16H19N3O3. The zero-order chi connectivity index (χ0) is 15.5. The van der Waals surface area contributed by atoms with Crippen LogP contribution in [-0.4, -0.2) is 35.4 Å². The van der Waals surface area contributed by atoms with Crippen LogP contribution in [0.3, 0.4) is 0 Å². The lowest BCUT2D eigenvalue weighted by atomic mass is 10.1. The molecule has 0 saturated carbocycles. The Morgan fingerprint density at radius 3 is 2.91 bits per heavy atom. The summed E-state index contributed by atoms with van der Waals surface area (Å²) >= 11 is 0. The Labute approximate surface area is 128 Å². The van der Waals surface area contributed by atoms with Crippen molar-refractivity contribution in [2.75, 3.05) is 19.8 Å². The summed E-state index contributed by atoms with van der Waals surface area (Å²) in [6.45, 7) is 2.11. The van der Waals surface area contributed by atoms with E-state index >= 15 is 0 Å². The minimum Gasteiger partial charge on any atom is -0.381 e. The van der Waals surface area contributed by atoms with E-state index < -0.39 is 0 Å². The van der Waals surface area contributed by atoms with Gasteiger partial charge in [0.25, 0.3) is 5.56 Å². The number of hydrogen-bond donors (Lipinski definition) is 1. The van der Waals surface area contributed by atoms with Gasteiger partial charge < -0.3 is 10.1 Å². The number of carbonyl (C=O) groups excluding carboxylic acids is 1. The Bertz CT molecular complexity index is 748. The van der Waals surface area contributed by atoms with E-state index in [1.165, 1.54) is 4.68 Å². The van der Waals surface area contributed by atoms with Gasteiger partial charge in [-0.15, -0.1) is 0 Å². The number of nitrogens with zero attached hydrogens (tertiary/aromatic N) is 2. The van der Waals surface area contributed by atoms with Gasteiger partial charge in [-0.1, -0.05) is 18.2 Å². The van der Waals surface area contributed by atoms with Gasteiger partial charge in [0.1, 0.15) is 0 Å². The van der Waals surface area contributed by atoms with Gasteiger partial charge in [-0.05, 0) is 12.5 Å². The molecule has 0 radical (unpaired) electrons. The zero-order valence-corrected chi connectivity index (χ0v) is 12.5. The van der Waals surface area contributed by atoms with E-state index in [9.17, 15) is 9.59 Å². The Kier molecular flexibility index (Phi) is 4.20. The van der Waals surface area contributed by atoms with Crippen LogP contribution < -0.4 is 10.9 Å². The summed E-state index contributed by atoms with van der Waals surface area (Å²) in [6, 6.07) is 7.25. The van der Waals surface area contributed by atoms with Crippen LogP contribution in [0, 0.1) is 5.92 Å². The van der Waals surface area contributed by atoms with Crippen LogP contribution in [0.5, 0.6) is 0 Å². The second-order valence-electron chi connectivity index (χ2n) is 5.63. The first kappa shape index (κ1) is 14.7. The molecule has 2 heterocycles. The molecular weight excluding hydrogens is 282 g/mol. The normalized spacial score (nSPS) is 17.8. The summed E-state index contributed by atoms with van der Waals surface area (Å²) in [5, 5.41) is 8.50. The standard InChI is InChI=1S/C16H19N3O3/c1-19-16(21)13-5-3-2-4-12(13)14(18-19)8-15(20)17-9-11-6-7-22-10-11/h2-5,11H,6-10H2,1H3,(H,17,20)/t11-/m1/s1. The Morgan fingerprint density at radius 1 is 1.41 bits per heavy atom. The predicted octanol–water partition coefficient (Wildman–Crippen LogP) is 0.629. The number of nitrogens with one attached hydrogen (secondary N) is 1. The number of ether oxygens (including phenoxy) is 1. The van der Waals surface area contributed by atoms with Crippen LogP contribution in [0.25, 0.3) is 10.8 Å². The number of hydrogen-bond acceptors (Lipinski definition) is 4. The van der Waals surface area contributed by atoms with Crippen molar-refractivity contribution in [3.05, 3.63) is 40.3 Å². The molecule has 1 aromatic carbocycles. The zero-order valence-electron chi connectivity index (χ0n) is 12.5. The van der Waals surface area contributed by atoms with E-state index in [0.29, 0.717) is 30.1 Å². The van der Waals surface area contributed by atoms with Crippen molar-refractivity contribution >= 4 is 16.7 Å². The van der Waals surface area contributed by atoms with Gasteiger partial charge in [0.05, 0.1) is 24.1 Å². The highest BCUT2D eigenvalue weighted by Crippen LogP contribution is 2.14. The van der Waals surface area contributed by atoms with Gasteiger partial charge in [0.2, 0.25) is 5.91 Å². The Morgan fingerprint density at radius 2 is 2.18 bits per heavy atom. The molecule has 0 aliphatic carbocycles. The van der Waals surface area contributed by atoms with Crippen LogP contribution in [0.4, 0.5) is 0 Å². The van der Waals surface area contributed by atoms with Crippen molar-refractivity contribution in [3.8, 4) is 0 Å². The number of amides is 1. The Hall–Kier alpha value is -2.21. The topological polar surface area (TPSA) is 73.2 Å². The lowest BCUT2D eigenvalue weighted by Gasteiger charge is -2.11. The van der Waals surface area contributed by atoms with Gasteiger partial charge >= 0.3 is 0 Å². The molecule has 1 N–H and O–H groups in total. The monoisotopic (exact) mass is 301 g/mol. The maximum atomic E-state index is 12.1. The second-order valence-corrected chi connectivity index (χ2v) is 5.63. The summed E-state index contributed by atoms with van der Waals surface area (Å²) in [7, 11) is 1.60. The number of aromatic nitrogens is 2. The molecule has 6 nitrogen and oxygen atoms in total. The lowest BCUT2D eigenvalue weighted by molar-refractivity contribution is -0.120. The number of fused-ring (bicyclic) bond motifs is 1. The van der Waals surface area contributed by atoms with Crippen molar-refractivity contribution in [2.24, 2.45) is 13.0 Å². The van der Waals surface area contributed by atoms with E-state index in [4.69, 9.17) is 4.74 Å². The molecule has 0 spiro atoms. The molecule has 1 aliphatic rings. The van der Waals surface area contributed by atoms with Crippen molar-refractivity contribution in [1.29, 1.82) is 0 Å². The first-order valence-electron chi connectivity index (χ1n) is 7.44. The molecule has 3 rings (SSSR count). The van der Waals surface area contributed by atoms with Gasteiger partial charge in [0, 0.05) is 31.5 Å². The quantitative estimate of drug-likeness (QED) is 0.899. The molecule has 1 aromatic heterocycles. The van der Waals surface area contributed by atoms with Crippen LogP contribution in [-0.2, 0) is 23.0 Å². The van der Waals surface area contributed by atoms with Crippen molar-refractivity contribution in [3.63, 3.8) is 0 Å². The van der Waals surface area contributed by atoms with E-state index in [1.807, 2.05) is 18.2 Å². The van der Waals surface area contributed by atoms with Gasteiger partial charge in [0.15, 0.2) is 0 Å². The molecule has 2 aromatic rings. The van der Waals surface area contributed by atoms with E-state index in [0.717, 1.165) is 18.4 Å². The minimum atomic E-state index is -0.150. The van der Waals surface area contributed by atoms with Gasteiger partial charge in [-0.3, -0.25) is 9.59 Å². The molecule has 0 unspecified atom stereocenters. The smallest absolute Gasteiger partial charge is 0.274 e. The van der Waals surface area contributed by atoms with Crippen LogP contribution in [0.15, 0.2) is 29.1 Å². The maximum Gasteiger partial charge on any atom is 0.274 e. The molecule has 1 aliphatic heterocycles. The average Bonchev–Trinajstić information content (AvgIpc) is 3.04. The summed E-state index contributed by atoms with van der Waals surface area (Å²) < 4.78 is 6.58. The number of rotatable bonds is 4. The van der Waals surface area contributed by atoms with Crippen molar-refractivity contribution in [2.45, 2.75) is 12.8 Å². The SMILES string of the molecule is Cn1nc(CC(=O)NC[C@H]2CCOC2)c2ccccc2c1=O. The highest BCUT2D eigenvalue weighted by atomic mass is 16.5. The predicted molar refractivity (Wildman–Crippen MR) is 82.6 cm³/mol. The van der Waals surface area contributed by atoms with Crippen molar-refractivity contribution in [1.82, 2.24) is 15.1 Å². The maximum absolute atomic E-state index is 12.1. The van der Waals surface area contributed by atoms with Crippen LogP contribution >= 0.6 is 0 Å². The third kappa shape index (κ3) is 3.01. The first-order valence-corrected chi connectivity index (χ1v) is 7.44. The summed E-state index contributed by atoms with van der Waals surface area (Å²) in [6.07, 6.45) is 1.16. The van der Waals surface area contributed by atoms with Crippen LogP contribution in [0.2, 0.25) is 0 Å². The molecule has 1 atom stereocenters. The van der Waals surface area contributed by atoms with E-state index in [1.54, 1.807) is 13.1 Å². The summed E-state index contributed by atoms with van der Waals surface area (Å²) in [4.78, 5) is 24.2. The molecule has 1 saturated heterocycles. The van der Waals surface area contributed by atoms with Gasteiger partial charge in [-0.2, -0.15) is 5.10 Å². The second kappa shape index (κ2) is 6.27. The molecule has 116 valence electrons. The number of benzene rings is 1. The largest absolute Gasteiger partial charge is 0.381 e. The third-order valence-corrected chi connectivity index (χ3v) is 3.97. The summed E-state index contributed by atoms with van der Waals surface area (Å²) in [5.41, 5.74) is 0.473.